The van der Waals surface area contributed by atoms with Crippen molar-refractivity contribution < 1.29 is 5.11 Å². The van der Waals surface area contributed by atoms with Crippen molar-refractivity contribution in [3.05, 3.63) is 59.2 Å². The zero-order chi connectivity index (χ0) is 13.0. The summed E-state index contributed by atoms with van der Waals surface area (Å²) in [6.45, 7) is 1.93. The van der Waals surface area contributed by atoms with Crippen LogP contribution in [0.4, 0.5) is 5.69 Å². The van der Waals surface area contributed by atoms with Crippen molar-refractivity contribution in [2.45, 2.75) is 6.92 Å². The van der Waals surface area contributed by atoms with Crippen LogP contribution in [-0.4, -0.2) is 11.3 Å². The fraction of sp³-hybridized carbons (Fsp3) is 0.0667. The van der Waals surface area contributed by atoms with Gasteiger partial charge in [0, 0.05) is 11.8 Å². The summed E-state index contributed by atoms with van der Waals surface area (Å²) >= 11 is 0. The number of phenolic OH excluding ortho intramolecular Hbond substituents is 1. The Hall–Kier alpha value is -2.60. The minimum absolute atomic E-state index is 0.131. The largest absolute Gasteiger partial charge is 0.506 e. The maximum Gasteiger partial charge on any atom is 0.141 e. The summed E-state index contributed by atoms with van der Waals surface area (Å²) in [5.41, 5.74) is 2.82. The third-order valence-electron chi connectivity index (χ3n) is 2.55. The van der Waals surface area contributed by atoms with Crippen molar-refractivity contribution in [3.8, 4) is 11.8 Å². The monoisotopic (exact) mass is 236 g/mol. The molecule has 0 unspecified atom stereocenters. The smallest absolute Gasteiger partial charge is 0.141 e. The Balaban J connectivity index is 2.36. The number of aliphatic imine (C=N–C) groups is 1. The van der Waals surface area contributed by atoms with Crippen LogP contribution in [0.1, 0.15) is 16.7 Å². The van der Waals surface area contributed by atoms with Crippen LogP contribution < -0.4 is 0 Å². The summed E-state index contributed by atoms with van der Waals surface area (Å²) in [6.07, 6.45) is 1.59. The van der Waals surface area contributed by atoms with Gasteiger partial charge in [-0.1, -0.05) is 24.3 Å². The van der Waals surface area contributed by atoms with Crippen LogP contribution in [0.2, 0.25) is 0 Å². The number of benzene rings is 2. The van der Waals surface area contributed by atoms with E-state index >= 15 is 0 Å². The number of phenols is 1. The Bertz CT molecular complexity index is 639. The number of hydrogen-bond donors (Lipinski definition) is 1. The van der Waals surface area contributed by atoms with E-state index in [2.05, 4.69) is 11.1 Å². The lowest BCUT2D eigenvalue weighted by Gasteiger charge is -2.00. The van der Waals surface area contributed by atoms with E-state index in [1.165, 1.54) is 0 Å². The Morgan fingerprint density at radius 3 is 2.78 bits per heavy atom. The van der Waals surface area contributed by atoms with E-state index in [0.29, 0.717) is 11.3 Å². The second-order valence-electron chi connectivity index (χ2n) is 3.95. The van der Waals surface area contributed by atoms with Crippen LogP contribution in [0.25, 0.3) is 0 Å². The van der Waals surface area contributed by atoms with E-state index < -0.39 is 0 Å². The normalized spacial score (nSPS) is 10.4. The molecule has 18 heavy (non-hydrogen) atoms. The van der Waals surface area contributed by atoms with Gasteiger partial charge in [-0.2, -0.15) is 5.26 Å². The van der Waals surface area contributed by atoms with E-state index in [4.69, 9.17) is 5.26 Å². The van der Waals surface area contributed by atoms with Gasteiger partial charge in [-0.3, -0.25) is 4.99 Å². The maximum absolute atomic E-state index is 9.66. The van der Waals surface area contributed by atoms with Crippen molar-refractivity contribution in [3.63, 3.8) is 0 Å². The highest BCUT2D eigenvalue weighted by Gasteiger charge is 2.00. The zero-order valence-corrected chi connectivity index (χ0v) is 9.96. The van der Waals surface area contributed by atoms with Crippen LogP contribution >= 0.6 is 0 Å². The lowest BCUT2D eigenvalue weighted by atomic mass is 10.1. The molecule has 0 aliphatic carbocycles. The van der Waals surface area contributed by atoms with Gasteiger partial charge in [0.05, 0.1) is 11.6 Å². The van der Waals surface area contributed by atoms with E-state index in [9.17, 15) is 5.11 Å². The van der Waals surface area contributed by atoms with E-state index in [-0.39, 0.29) is 5.75 Å². The Labute approximate surface area is 106 Å². The minimum Gasteiger partial charge on any atom is -0.506 e. The molecule has 0 amide bonds. The second-order valence-corrected chi connectivity index (χ2v) is 3.95. The molecule has 0 aromatic heterocycles. The summed E-state index contributed by atoms with van der Waals surface area (Å²) in [6, 6.07) is 14.5. The summed E-state index contributed by atoms with van der Waals surface area (Å²) in [5, 5.41) is 18.6. The van der Waals surface area contributed by atoms with Crippen LogP contribution in [0, 0.1) is 18.3 Å². The molecule has 0 atom stereocenters. The van der Waals surface area contributed by atoms with Crippen LogP contribution in [0.3, 0.4) is 0 Å². The predicted octanol–water partition coefficient (Wildman–Crippen LogP) is 3.32. The number of rotatable bonds is 2. The topological polar surface area (TPSA) is 56.4 Å². The van der Waals surface area contributed by atoms with Gasteiger partial charge in [-0.15, -0.1) is 0 Å². The Kier molecular flexibility index (Phi) is 3.40. The molecule has 0 aliphatic heterocycles. The summed E-state index contributed by atoms with van der Waals surface area (Å²) in [4.78, 5) is 4.22. The van der Waals surface area contributed by atoms with E-state index in [0.717, 1.165) is 11.1 Å². The molecule has 2 aromatic carbocycles. The molecule has 0 spiro atoms. The van der Waals surface area contributed by atoms with Gasteiger partial charge in [0.1, 0.15) is 11.4 Å². The summed E-state index contributed by atoms with van der Waals surface area (Å²) < 4.78 is 0. The molecule has 2 aromatic rings. The first kappa shape index (κ1) is 11.9. The molecule has 3 heteroatoms. The van der Waals surface area contributed by atoms with Gasteiger partial charge >= 0.3 is 0 Å². The molecule has 0 saturated carbocycles. The molecule has 1 N–H and O–H groups in total. The van der Waals surface area contributed by atoms with Crippen molar-refractivity contribution >= 4 is 11.9 Å². The quantitative estimate of drug-likeness (QED) is 0.813. The molecule has 0 bridgehead atoms. The maximum atomic E-state index is 9.66. The van der Waals surface area contributed by atoms with E-state index in [1.807, 2.05) is 25.1 Å². The van der Waals surface area contributed by atoms with Gasteiger partial charge in [-0.05, 0) is 30.7 Å². The summed E-state index contributed by atoms with van der Waals surface area (Å²) in [5.74, 6) is 0.131. The fourth-order valence-electron chi connectivity index (χ4n) is 1.59. The van der Waals surface area contributed by atoms with Gasteiger partial charge in [0.15, 0.2) is 0 Å². The Morgan fingerprint density at radius 2 is 2.00 bits per heavy atom. The number of nitriles is 1. The molecule has 0 radical (unpaired) electrons. The molecule has 0 heterocycles. The van der Waals surface area contributed by atoms with Crippen molar-refractivity contribution in [2.75, 3.05) is 0 Å². The van der Waals surface area contributed by atoms with Gasteiger partial charge in [-0.25, -0.2) is 0 Å². The van der Waals surface area contributed by atoms with Crippen LogP contribution in [-0.2, 0) is 0 Å². The van der Waals surface area contributed by atoms with Crippen LogP contribution in [0.15, 0.2) is 47.5 Å². The highest BCUT2D eigenvalue weighted by molar-refractivity contribution is 5.85. The zero-order valence-electron chi connectivity index (χ0n) is 9.96. The lowest BCUT2D eigenvalue weighted by Crippen LogP contribution is -1.86. The minimum atomic E-state index is 0.131. The molecule has 0 saturated heterocycles. The lowest BCUT2D eigenvalue weighted by molar-refractivity contribution is 0.477. The molecule has 0 aliphatic rings. The van der Waals surface area contributed by atoms with Gasteiger partial charge in [0.25, 0.3) is 0 Å². The third-order valence-corrected chi connectivity index (χ3v) is 2.55. The van der Waals surface area contributed by atoms with E-state index in [1.54, 1.807) is 30.5 Å². The van der Waals surface area contributed by atoms with Gasteiger partial charge in [0.2, 0.25) is 0 Å². The fourth-order valence-corrected chi connectivity index (χ4v) is 1.59. The van der Waals surface area contributed by atoms with Crippen LogP contribution in [0.5, 0.6) is 5.75 Å². The first-order valence-electron chi connectivity index (χ1n) is 5.53. The average Bonchev–Trinajstić information content (AvgIpc) is 2.40. The average molecular weight is 236 g/mol. The molecule has 3 nitrogen and oxygen atoms in total. The standard InChI is InChI=1S/C15H12N2O/c1-11-6-7-15(18)14(8-11)17-10-13-5-3-2-4-12(13)9-16/h2-8,10,18H,1H3. The van der Waals surface area contributed by atoms with Gasteiger partial charge < -0.3 is 5.11 Å². The number of aromatic hydroxyl groups is 1. The first-order chi connectivity index (χ1) is 8.70. The molecular weight excluding hydrogens is 224 g/mol. The first-order valence-corrected chi connectivity index (χ1v) is 5.53. The number of aryl methyl sites for hydroxylation is 1. The Morgan fingerprint density at radius 1 is 1.22 bits per heavy atom. The molecule has 0 fully saturated rings. The molecule has 2 rings (SSSR count). The highest BCUT2D eigenvalue weighted by atomic mass is 16.3. The van der Waals surface area contributed by atoms with Crippen molar-refractivity contribution in [1.29, 1.82) is 5.26 Å². The number of hydrogen-bond acceptors (Lipinski definition) is 3. The summed E-state index contributed by atoms with van der Waals surface area (Å²) in [7, 11) is 0. The number of nitrogens with zero attached hydrogens (tertiary/aromatic N) is 2. The SMILES string of the molecule is Cc1ccc(O)c(N=Cc2ccccc2C#N)c1. The third kappa shape index (κ3) is 2.55. The predicted molar refractivity (Wildman–Crippen MR) is 71.3 cm³/mol. The highest BCUT2D eigenvalue weighted by Crippen LogP contribution is 2.26. The molecular formula is C15H12N2O. The van der Waals surface area contributed by atoms with Crippen molar-refractivity contribution in [1.82, 2.24) is 0 Å². The second kappa shape index (κ2) is 5.15. The molecule has 88 valence electrons. The van der Waals surface area contributed by atoms with Crippen molar-refractivity contribution in [2.24, 2.45) is 4.99 Å².